The molecule has 0 amide bonds. The monoisotopic (exact) mass is 718 g/mol. The SMILES string of the molecule is CC1(C)c2ccccc2-c2ccc(-c3nc(-c4ccccc4)nc(-c4ccc(-c5ccc(-c6nc7ccccc7c7oc8ccccc8c67)cc5)cc4)n3)cc21. The predicted octanol–water partition coefficient (Wildman–Crippen LogP) is 13.0. The molecule has 0 radical (unpaired) electrons. The number of pyridine rings is 1. The first kappa shape index (κ1) is 32.2. The van der Waals surface area contributed by atoms with Gasteiger partial charge in [0, 0.05) is 38.4 Å². The third-order valence-electron chi connectivity index (χ3n) is 11.4. The Morgan fingerprint density at radius 1 is 0.411 bits per heavy atom. The van der Waals surface area contributed by atoms with Gasteiger partial charge in [-0.25, -0.2) is 19.9 Å². The van der Waals surface area contributed by atoms with E-state index in [2.05, 4.69) is 123 Å². The van der Waals surface area contributed by atoms with Crippen LogP contribution in [0.2, 0.25) is 0 Å². The van der Waals surface area contributed by atoms with Crippen LogP contribution in [-0.4, -0.2) is 19.9 Å². The van der Waals surface area contributed by atoms with Gasteiger partial charge in [0.15, 0.2) is 17.5 Å². The average molecular weight is 719 g/mol. The molecule has 0 fully saturated rings. The number of fused-ring (bicyclic) bond motifs is 8. The second kappa shape index (κ2) is 12.4. The normalized spacial score (nSPS) is 13.0. The minimum atomic E-state index is -0.125. The van der Waals surface area contributed by atoms with E-state index in [1.165, 1.54) is 22.3 Å². The fraction of sp³-hybridized carbons (Fsp3) is 0.0588. The summed E-state index contributed by atoms with van der Waals surface area (Å²) in [6.07, 6.45) is 0. The van der Waals surface area contributed by atoms with E-state index in [1.807, 2.05) is 60.7 Å². The molecule has 0 aliphatic heterocycles. The molecule has 0 saturated carbocycles. The largest absolute Gasteiger partial charge is 0.455 e. The van der Waals surface area contributed by atoms with Crippen LogP contribution in [0, 0.1) is 0 Å². The first-order valence-electron chi connectivity index (χ1n) is 19.0. The summed E-state index contributed by atoms with van der Waals surface area (Å²) in [4.78, 5) is 20.3. The van der Waals surface area contributed by atoms with Gasteiger partial charge in [0.05, 0.1) is 16.6 Å². The Morgan fingerprint density at radius 2 is 0.946 bits per heavy atom. The lowest BCUT2D eigenvalue weighted by Gasteiger charge is -2.21. The fourth-order valence-electron chi connectivity index (χ4n) is 8.44. The Morgan fingerprint density at radius 3 is 1.70 bits per heavy atom. The molecule has 264 valence electrons. The molecule has 0 saturated heterocycles. The number of furan rings is 1. The molecule has 3 heterocycles. The molecule has 0 unspecified atom stereocenters. The van der Waals surface area contributed by atoms with E-state index in [0.717, 1.165) is 71.9 Å². The van der Waals surface area contributed by atoms with Crippen LogP contribution in [-0.2, 0) is 5.41 Å². The van der Waals surface area contributed by atoms with Gasteiger partial charge in [0.1, 0.15) is 11.2 Å². The smallest absolute Gasteiger partial charge is 0.164 e. The van der Waals surface area contributed by atoms with Crippen LogP contribution in [0.1, 0.15) is 25.0 Å². The number of para-hydroxylation sites is 2. The van der Waals surface area contributed by atoms with Crippen molar-refractivity contribution in [1.82, 2.24) is 19.9 Å². The summed E-state index contributed by atoms with van der Waals surface area (Å²) < 4.78 is 6.42. The summed E-state index contributed by atoms with van der Waals surface area (Å²) in [6.45, 7) is 4.59. The van der Waals surface area contributed by atoms with E-state index < -0.39 is 0 Å². The molecule has 0 bridgehead atoms. The average Bonchev–Trinajstić information content (AvgIpc) is 3.76. The Labute approximate surface area is 324 Å². The van der Waals surface area contributed by atoms with Crippen molar-refractivity contribution in [1.29, 1.82) is 0 Å². The van der Waals surface area contributed by atoms with Gasteiger partial charge in [-0.15, -0.1) is 0 Å². The Balaban J connectivity index is 0.958. The maximum Gasteiger partial charge on any atom is 0.164 e. The minimum absolute atomic E-state index is 0.125. The van der Waals surface area contributed by atoms with Gasteiger partial charge in [-0.2, -0.15) is 0 Å². The quantitative estimate of drug-likeness (QED) is 0.177. The lowest BCUT2D eigenvalue weighted by Crippen LogP contribution is -2.15. The standard InChI is InChI=1S/C51H34N4O/c1-51(2)41-17-9-6-14-37(41)38-29-28-36(30-42(38)51)50-54-48(34-12-4-3-5-13-34)53-49(55-50)35-26-22-32(23-27-35)31-20-24-33(25-21-31)46-45-40-16-8-11-19-44(40)56-47(45)39-15-7-10-18-43(39)52-46/h3-30H,1-2H3. The van der Waals surface area contributed by atoms with Crippen molar-refractivity contribution in [3.8, 4) is 67.7 Å². The number of nitrogens with zero attached hydrogens (tertiary/aromatic N) is 4. The molecular formula is C51H34N4O. The van der Waals surface area contributed by atoms with Gasteiger partial charge in [0.2, 0.25) is 0 Å². The molecule has 10 aromatic rings. The van der Waals surface area contributed by atoms with E-state index in [1.54, 1.807) is 0 Å². The Bertz CT molecular complexity index is 3150. The number of rotatable bonds is 5. The van der Waals surface area contributed by atoms with Crippen molar-refractivity contribution in [3.63, 3.8) is 0 Å². The highest BCUT2D eigenvalue weighted by molar-refractivity contribution is 6.19. The van der Waals surface area contributed by atoms with Crippen molar-refractivity contribution >= 4 is 32.8 Å². The van der Waals surface area contributed by atoms with Crippen molar-refractivity contribution in [2.24, 2.45) is 0 Å². The highest BCUT2D eigenvalue weighted by Crippen LogP contribution is 2.49. The van der Waals surface area contributed by atoms with Crippen LogP contribution in [0.3, 0.4) is 0 Å². The van der Waals surface area contributed by atoms with Gasteiger partial charge in [-0.1, -0.05) is 159 Å². The van der Waals surface area contributed by atoms with Crippen LogP contribution < -0.4 is 0 Å². The van der Waals surface area contributed by atoms with Gasteiger partial charge < -0.3 is 4.42 Å². The maximum atomic E-state index is 6.42. The summed E-state index contributed by atoms with van der Waals surface area (Å²) in [5.41, 5.74) is 14.7. The van der Waals surface area contributed by atoms with E-state index in [9.17, 15) is 0 Å². The first-order chi connectivity index (χ1) is 27.5. The van der Waals surface area contributed by atoms with E-state index in [0.29, 0.717) is 17.5 Å². The van der Waals surface area contributed by atoms with Gasteiger partial charge in [-0.3, -0.25) is 0 Å². The van der Waals surface area contributed by atoms with Crippen molar-refractivity contribution in [2.45, 2.75) is 19.3 Å². The minimum Gasteiger partial charge on any atom is -0.455 e. The van der Waals surface area contributed by atoms with Crippen LogP contribution in [0.15, 0.2) is 174 Å². The zero-order valence-electron chi connectivity index (χ0n) is 30.9. The Kier molecular flexibility index (Phi) is 7.13. The van der Waals surface area contributed by atoms with Crippen LogP contribution in [0.5, 0.6) is 0 Å². The van der Waals surface area contributed by atoms with E-state index in [4.69, 9.17) is 24.4 Å². The first-order valence-corrected chi connectivity index (χ1v) is 19.0. The topological polar surface area (TPSA) is 64.7 Å². The molecule has 0 atom stereocenters. The third-order valence-corrected chi connectivity index (χ3v) is 11.4. The summed E-state index contributed by atoms with van der Waals surface area (Å²) in [6, 6.07) is 59.0. The van der Waals surface area contributed by atoms with Gasteiger partial charge in [-0.05, 0) is 57.6 Å². The summed E-state index contributed by atoms with van der Waals surface area (Å²) in [5.74, 6) is 1.94. The third kappa shape index (κ3) is 5.09. The van der Waals surface area contributed by atoms with Crippen molar-refractivity contribution in [2.75, 3.05) is 0 Å². The molecule has 3 aromatic heterocycles. The summed E-state index contributed by atoms with van der Waals surface area (Å²) in [5, 5.41) is 3.12. The second-order valence-electron chi connectivity index (χ2n) is 15.0. The highest BCUT2D eigenvalue weighted by Gasteiger charge is 2.35. The van der Waals surface area contributed by atoms with E-state index in [-0.39, 0.29) is 5.41 Å². The molecule has 5 nitrogen and oxygen atoms in total. The molecule has 0 spiro atoms. The molecule has 56 heavy (non-hydrogen) atoms. The maximum absolute atomic E-state index is 6.42. The van der Waals surface area contributed by atoms with Crippen molar-refractivity contribution in [3.05, 3.63) is 181 Å². The molecule has 5 heteroatoms. The lowest BCUT2D eigenvalue weighted by atomic mass is 9.82. The second-order valence-corrected chi connectivity index (χ2v) is 15.0. The summed E-state index contributed by atoms with van der Waals surface area (Å²) in [7, 11) is 0. The molecule has 1 aliphatic carbocycles. The zero-order chi connectivity index (χ0) is 37.4. The molecular weight excluding hydrogens is 685 g/mol. The number of aromatic nitrogens is 4. The van der Waals surface area contributed by atoms with Crippen molar-refractivity contribution < 1.29 is 4.42 Å². The van der Waals surface area contributed by atoms with Crippen LogP contribution >= 0.6 is 0 Å². The number of hydrogen-bond acceptors (Lipinski definition) is 5. The highest BCUT2D eigenvalue weighted by atomic mass is 16.3. The Hall–Kier alpha value is -7.24. The molecule has 11 rings (SSSR count). The summed E-state index contributed by atoms with van der Waals surface area (Å²) >= 11 is 0. The molecule has 1 aliphatic rings. The zero-order valence-corrected chi connectivity index (χ0v) is 30.9. The number of hydrogen-bond donors (Lipinski definition) is 0. The molecule has 7 aromatic carbocycles. The predicted molar refractivity (Wildman–Crippen MR) is 227 cm³/mol. The van der Waals surface area contributed by atoms with Gasteiger partial charge in [0.25, 0.3) is 0 Å². The lowest BCUT2D eigenvalue weighted by molar-refractivity contribution is 0.660. The van der Waals surface area contributed by atoms with Crippen LogP contribution in [0.4, 0.5) is 0 Å². The number of benzene rings is 7. The van der Waals surface area contributed by atoms with Gasteiger partial charge >= 0.3 is 0 Å². The van der Waals surface area contributed by atoms with Crippen LogP contribution in [0.25, 0.3) is 101 Å². The van der Waals surface area contributed by atoms with E-state index >= 15 is 0 Å². The fourth-order valence-corrected chi connectivity index (χ4v) is 8.44. The molecule has 0 N–H and O–H groups in total.